The molecule has 1 aliphatic heterocycles. The van der Waals surface area contributed by atoms with E-state index in [9.17, 15) is 13.2 Å². The Hall–Kier alpha value is -2.00. The fourth-order valence-corrected chi connectivity index (χ4v) is 5.23. The molecular formula is C21H24Cl2N2O5S. The first-order valence-corrected chi connectivity index (χ1v) is 11.9. The Morgan fingerprint density at radius 1 is 1.23 bits per heavy atom. The average molecular weight is 487 g/mol. The highest BCUT2D eigenvalue weighted by molar-refractivity contribution is 7.93. The van der Waals surface area contributed by atoms with Crippen LogP contribution >= 0.6 is 23.2 Å². The number of aryl methyl sites for hydroxylation is 1. The minimum absolute atomic E-state index is 0.0481. The van der Waals surface area contributed by atoms with E-state index in [-0.39, 0.29) is 32.5 Å². The van der Waals surface area contributed by atoms with Gasteiger partial charge in [0.15, 0.2) is 0 Å². The van der Waals surface area contributed by atoms with Crippen LogP contribution in [0, 0.1) is 6.92 Å². The van der Waals surface area contributed by atoms with Crippen molar-refractivity contribution in [1.29, 1.82) is 0 Å². The number of hydrogen-bond donors (Lipinski definition) is 1. The molecule has 31 heavy (non-hydrogen) atoms. The van der Waals surface area contributed by atoms with Gasteiger partial charge in [0.05, 0.1) is 28.9 Å². The predicted molar refractivity (Wildman–Crippen MR) is 121 cm³/mol. The maximum absolute atomic E-state index is 13.6. The lowest BCUT2D eigenvalue weighted by Gasteiger charge is -2.25. The molecule has 0 bridgehead atoms. The monoisotopic (exact) mass is 486 g/mol. The highest BCUT2D eigenvalue weighted by atomic mass is 35.5. The number of carbonyl (C=O) groups excluding carboxylic acids is 1. The molecule has 0 aromatic heterocycles. The third-order valence-electron chi connectivity index (χ3n) is 4.92. The molecule has 168 valence electrons. The van der Waals surface area contributed by atoms with Gasteiger partial charge in [-0.3, -0.25) is 9.10 Å². The molecule has 1 heterocycles. The minimum Gasteiger partial charge on any atom is -0.495 e. The van der Waals surface area contributed by atoms with E-state index in [0.29, 0.717) is 13.2 Å². The number of ether oxygens (including phenoxy) is 2. The second-order valence-electron chi connectivity index (χ2n) is 7.20. The summed E-state index contributed by atoms with van der Waals surface area (Å²) in [6.07, 6.45) is 1.74. The summed E-state index contributed by atoms with van der Waals surface area (Å²) in [7, 11) is -2.78. The van der Waals surface area contributed by atoms with Crippen molar-refractivity contribution in [1.82, 2.24) is 5.32 Å². The molecule has 7 nitrogen and oxygen atoms in total. The number of anilines is 1. The zero-order chi connectivity index (χ0) is 22.6. The van der Waals surface area contributed by atoms with Crippen molar-refractivity contribution in [3.8, 4) is 5.75 Å². The van der Waals surface area contributed by atoms with Crippen LogP contribution in [0.1, 0.15) is 18.4 Å². The Morgan fingerprint density at radius 2 is 2.00 bits per heavy atom. The van der Waals surface area contributed by atoms with Gasteiger partial charge in [-0.05, 0) is 55.7 Å². The third-order valence-corrected chi connectivity index (χ3v) is 7.45. The molecule has 1 atom stereocenters. The van der Waals surface area contributed by atoms with Crippen molar-refractivity contribution in [3.63, 3.8) is 0 Å². The molecule has 2 aromatic rings. The smallest absolute Gasteiger partial charge is 0.268 e. The zero-order valence-corrected chi connectivity index (χ0v) is 19.6. The number of sulfonamides is 1. The standard InChI is InChI=1S/C21H24Cl2N2O5S/c1-14-5-8-19(29-2)20(10-14)31(27,28)25(15-6-7-17(22)18(23)11-15)13-21(26)24-12-16-4-3-9-30-16/h5-8,10-11,16H,3-4,9,12-13H2,1-2H3,(H,24,26)/t16-/m1/s1. The summed E-state index contributed by atoms with van der Waals surface area (Å²) >= 11 is 12.1. The van der Waals surface area contributed by atoms with Gasteiger partial charge in [0.25, 0.3) is 10.0 Å². The summed E-state index contributed by atoms with van der Waals surface area (Å²) in [5.41, 5.74) is 0.946. The number of hydrogen-bond acceptors (Lipinski definition) is 5. The van der Waals surface area contributed by atoms with Crippen molar-refractivity contribution in [2.75, 3.05) is 31.1 Å². The summed E-state index contributed by atoms with van der Waals surface area (Å²) in [5.74, 6) is -0.285. The Bertz CT molecular complexity index is 1060. The molecular weight excluding hydrogens is 463 g/mol. The number of nitrogens with zero attached hydrogens (tertiary/aromatic N) is 1. The normalized spacial score (nSPS) is 16.2. The lowest BCUT2D eigenvalue weighted by Crippen LogP contribution is -2.43. The summed E-state index contributed by atoms with van der Waals surface area (Å²) in [5, 5.41) is 3.21. The SMILES string of the molecule is COc1ccc(C)cc1S(=O)(=O)N(CC(=O)NC[C@H]1CCCO1)c1ccc(Cl)c(Cl)c1. The quantitative estimate of drug-likeness (QED) is 0.613. The second kappa shape index (κ2) is 10.1. The van der Waals surface area contributed by atoms with Crippen molar-refractivity contribution in [3.05, 3.63) is 52.0 Å². The molecule has 0 saturated carbocycles. The lowest BCUT2D eigenvalue weighted by atomic mass is 10.2. The third kappa shape index (κ3) is 5.63. The van der Waals surface area contributed by atoms with Crippen LogP contribution < -0.4 is 14.4 Å². The van der Waals surface area contributed by atoms with E-state index in [1.165, 1.54) is 31.4 Å². The van der Waals surface area contributed by atoms with Crippen molar-refractivity contribution >= 4 is 44.8 Å². The highest BCUT2D eigenvalue weighted by Gasteiger charge is 2.31. The number of carbonyl (C=O) groups is 1. The molecule has 3 rings (SSSR count). The Kier molecular flexibility index (Phi) is 7.69. The van der Waals surface area contributed by atoms with Crippen LogP contribution in [0.2, 0.25) is 10.0 Å². The van der Waals surface area contributed by atoms with Crippen LogP contribution in [0.4, 0.5) is 5.69 Å². The lowest BCUT2D eigenvalue weighted by molar-refractivity contribution is -0.120. The Balaban J connectivity index is 1.95. The zero-order valence-electron chi connectivity index (χ0n) is 17.2. The number of benzene rings is 2. The molecule has 0 spiro atoms. The average Bonchev–Trinajstić information content (AvgIpc) is 3.26. The predicted octanol–water partition coefficient (Wildman–Crippen LogP) is 3.80. The molecule has 2 aromatic carbocycles. The van der Waals surface area contributed by atoms with Crippen molar-refractivity contribution in [2.45, 2.75) is 30.8 Å². The van der Waals surface area contributed by atoms with Crippen LogP contribution in [0.5, 0.6) is 5.75 Å². The van der Waals surface area contributed by atoms with E-state index in [0.717, 1.165) is 22.7 Å². The van der Waals surface area contributed by atoms with E-state index in [1.54, 1.807) is 19.1 Å². The van der Waals surface area contributed by atoms with Gasteiger partial charge in [-0.2, -0.15) is 0 Å². The first-order valence-electron chi connectivity index (χ1n) is 9.73. The molecule has 10 heteroatoms. The molecule has 1 aliphatic rings. The van der Waals surface area contributed by atoms with E-state index in [2.05, 4.69) is 5.32 Å². The summed E-state index contributed by atoms with van der Waals surface area (Å²) in [6, 6.07) is 9.23. The van der Waals surface area contributed by atoms with E-state index < -0.39 is 22.5 Å². The van der Waals surface area contributed by atoms with Gasteiger partial charge in [-0.15, -0.1) is 0 Å². The Morgan fingerprint density at radius 3 is 2.65 bits per heavy atom. The number of methoxy groups -OCH3 is 1. The molecule has 0 radical (unpaired) electrons. The molecule has 1 N–H and O–H groups in total. The van der Waals surface area contributed by atoms with Gasteiger partial charge in [0.1, 0.15) is 17.2 Å². The molecule has 1 amide bonds. The van der Waals surface area contributed by atoms with Crippen LogP contribution in [0.25, 0.3) is 0 Å². The topological polar surface area (TPSA) is 84.9 Å². The fraction of sp³-hybridized carbons (Fsp3) is 0.381. The maximum atomic E-state index is 13.6. The Labute approximate surface area is 192 Å². The van der Waals surface area contributed by atoms with Gasteiger partial charge in [0, 0.05) is 13.2 Å². The van der Waals surface area contributed by atoms with Crippen molar-refractivity contribution < 1.29 is 22.7 Å². The summed E-state index contributed by atoms with van der Waals surface area (Å²) < 4.78 is 39.0. The van der Waals surface area contributed by atoms with Gasteiger partial charge >= 0.3 is 0 Å². The van der Waals surface area contributed by atoms with Gasteiger partial charge in [-0.1, -0.05) is 29.3 Å². The highest BCUT2D eigenvalue weighted by Crippen LogP contribution is 2.33. The van der Waals surface area contributed by atoms with E-state index in [1.807, 2.05) is 0 Å². The number of halogens is 2. The first-order chi connectivity index (χ1) is 14.7. The largest absolute Gasteiger partial charge is 0.495 e. The molecule has 1 fully saturated rings. The summed E-state index contributed by atoms with van der Waals surface area (Å²) in [4.78, 5) is 12.6. The first kappa shape index (κ1) is 23.7. The van der Waals surface area contributed by atoms with Crippen LogP contribution in [0.3, 0.4) is 0 Å². The fourth-order valence-electron chi connectivity index (χ4n) is 3.28. The van der Waals surface area contributed by atoms with Gasteiger partial charge < -0.3 is 14.8 Å². The second-order valence-corrected chi connectivity index (χ2v) is 9.85. The number of rotatable bonds is 8. The minimum atomic E-state index is -4.17. The summed E-state index contributed by atoms with van der Waals surface area (Å²) in [6.45, 7) is 2.32. The molecule has 1 saturated heterocycles. The number of amides is 1. The van der Waals surface area contributed by atoms with Crippen LogP contribution in [-0.2, 0) is 19.6 Å². The molecule has 0 aliphatic carbocycles. The maximum Gasteiger partial charge on any atom is 0.268 e. The number of nitrogens with one attached hydrogen (secondary N) is 1. The van der Waals surface area contributed by atoms with Gasteiger partial charge in [0.2, 0.25) is 5.91 Å². The van der Waals surface area contributed by atoms with Gasteiger partial charge in [-0.25, -0.2) is 8.42 Å². The van der Waals surface area contributed by atoms with E-state index in [4.69, 9.17) is 32.7 Å². The molecule has 0 unspecified atom stereocenters. The van der Waals surface area contributed by atoms with Crippen molar-refractivity contribution in [2.24, 2.45) is 0 Å². The van der Waals surface area contributed by atoms with Crippen LogP contribution in [-0.4, -0.2) is 47.2 Å². The van der Waals surface area contributed by atoms with Crippen LogP contribution in [0.15, 0.2) is 41.3 Å². The van der Waals surface area contributed by atoms with E-state index >= 15 is 0 Å².